The topological polar surface area (TPSA) is 26.3 Å². The van der Waals surface area contributed by atoms with Crippen LogP contribution in [0.3, 0.4) is 0 Å². The second-order valence-corrected chi connectivity index (χ2v) is 5.13. The number of carbonyl (C=O) groups is 1. The molecule has 1 rings (SSSR count). The molecular formula is C12H22O2. The van der Waals surface area contributed by atoms with Crippen LogP contribution in [0.4, 0.5) is 0 Å². The number of hydrogen-bond donors (Lipinski definition) is 0. The lowest BCUT2D eigenvalue weighted by Gasteiger charge is -2.36. The zero-order valence-electron chi connectivity index (χ0n) is 9.80. The van der Waals surface area contributed by atoms with Crippen molar-refractivity contribution >= 4 is 5.97 Å². The fourth-order valence-electron chi connectivity index (χ4n) is 2.39. The molecule has 1 aliphatic carbocycles. The first-order valence-corrected chi connectivity index (χ1v) is 5.58. The Morgan fingerprint density at radius 1 is 1.36 bits per heavy atom. The zero-order chi connectivity index (χ0) is 10.8. The third kappa shape index (κ3) is 2.28. The predicted octanol–water partition coefficient (Wildman–Crippen LogP) is 3.01. The van der Waals surface area contributed by atoms with Crippen molar-refractivity contribution in [1.82, 2.24) is 0 Å². The lowest BCUT2D eigenvalue weighted by atomic mass is 9.69. The number of esters is 1. The third-order valence-electron chi connectivity index (χ3n) is 3.75. The van der Waals surface area contributed by atoms with Gasteiger partial charge in [-0.05, 0) is 44.4 Å². The summed E-state index contributed by atoms with van der Waals surface area (Å²) in [6.07, 6.45) is 4.32. The van der Waals surface area contributed by atoms with Crippen LogP contribution in [-0.2, 0) is 9.53 Å². The van der Waals surface area contributed by atoms with Crippen LogP contribution >= 0.6 is 0 Å². The van der Waals surface area contributed by atoms with Crippen LogP contribution in [0.25, 0.3) is 0 Å². The van der Waals surface area contributed by atoms with E-state index in [1.54, 1.807) is 0 Å². The Morgan fingerprint density at radius 2 is 1.86 bits per heavy atom. The lowest BCUT2D eigenvalue weighted by Crippen LogP contribution is -2.34. The van der Waals surface area contributed by atoms with Crippen molar-refractivity contribution in [2.24, 2.45) is 17.3 Å². The number of ether oxygens (including phenoxy) is 1. The third-order valence-corrected chi connectivity index (χ3v) is 3.75. The molecule has 2 nitrogen and oxygen atoms in total. The summed E-state index contributed by atoms with van der Waals surface area (Å²) < 4.78 is 4.85. The Bertz CT molecular complexity index is 200. The van der Waals surface area contributed by atoms with Crippen LogP contribution in [0, 0.1) is 17.3 Å². The van der Waals surface area contributed by atoms with Gasteiger partial charge in [-0.25, -0.2) is 0 Å². The van der Waals surface area contributed by atoms with Crippen molar-refractivity contribution in [3.63, 3.8) is 0 Å². The summed E-state index contributed by atoms with van der Waals surface area (Å²) in [5.74, 6) is 1.52. The van der Waals surface area contributed by atoms with E-state index in [0.29, 0.717) is 0 Å². The van der Waals surface area contributed by atoms with Crippen LogP contribution in [0.5, 0.6) is 0 Å². The molecule has 0 atom stereocenters. The number of hydrogen-bond acceptors (Lipinski definition) is 2. The molecule has 0 aromatic rings. The molecule has 82 valence electrons. The number of rotatable bonds is 2. The molecule has 0 aromatic heterocycles. The van der Waals surface area contributed by atoms with Crippen molar-refractivity contribution in [2.75, 3.05) is 7.11 Å². The summed E-state index contributed by atoms with van der Waals surface area (Å²) in [6.45, 7) is 6.58. The number of carbonyl (C=O) groups excluding carboxylic acids is 1. The van der Waals surface area contributed by atoms with E-state index in [0.717, 1.165) is 24.7 Å². The van der Waals surface area contributed by atoms with E-state index in [1.807, 2.05) is 6.92 Å². The average Bonchev–Trinajstić information content (AvgIpc) is 2.17. The maximum Gasteiger partial charge on any atom is 0.311 e. The molecule has 0 aliphatic heterocycles. The smallest absolute Gasteiger partial charge is 0.311 e. The fraction of sp³-hybridized carbons (Fsp3) is 0.917. The first-order chi connectivity index (χ1) is 6.49. The highest BCUT2D eigenvalue weighted by Gasteiger charge is 2.38. The monoisotopic (exact) mass is 198 g/mol. The average molecular weight is 198 g/mol. The Hall–Kier alpha value is -0.530. The van der Waals surface area contributed by atoms with Crippen LogP contribution in [0.15, 0.2) is 0 Å². The van der Waals surface area contributed by atoms with Gasteiger partial charge in [0.25, 0.3) is 0 Å². The zero-order valence-corrected chi connectivity index (χ0v) is 9.80. The molecule has 0 spiro atoms. The van der Waals surface area contributed by atoms with Gasteiger partial charge < -0.3 is 4.74 Å². The van der Waals surface area contributed by atoms with E-state index in [2.05, 4.69) is 13.8 Å². The highest BCUT2D eigenvalue weighted by Crippen LogP contribution is 2.41. The maximum atomic E-state index is 11.5. The molecule has 0 aromatic carbocycles. The molecular weight excluding hydrogens is 176 g/mol. The molecule has 14 heavy (non-hydrogen) atoms. The highest BCUT2D eigenvalue weighted by atomic mass is 16.5. The minimum atomic E-state index is -0.208. The van der Waals surface area contributed by atoms with Crippen molar-refractivity contribution < 1.29 is 9.53 Å². The van der Waals surface area contributed by atoms with Crippen LogP contribution in [0.2, 0.25) is 0 Å². The molecule has 2 heteroatoms. The Kier molecular flexibility index (Phi) is 3.57. The second-order valence-electron chi connectivity index (χ2n) is 5.13. The van der Waals surface area contributed by atoms with E-state index < -0.39 is 0 Å². The summed E-state index contributed by atoms with van der Waals surface area (Å²) in [7, 11) is 1.49. The van der Waals surface area contributed by atoms with Crippen molar-refractivity contribution in [3.8, 4) is 0 Å². The molecule has 0 heterocycles. The quantitative estimate of drug-likeness (QED) is 0.637. The molecule has 1 saturated carbocycles. The van der Waals surface area contributed by atoms with Crippen molar-refractivity contribution in [3.05, 3.63) is 0 Å². The van der Waals surface area contributed by atoms with Gasteiger partial charge in [0.05, 0.1) is 12.5 Å². The van der Waals surface area contributed by atoms with Crippen LogP contribution in [-0.4, -0.2) is 13.1 Å². The van der Waals surface area contributed by atoms with Crippen molar-refractivity contribution in [1.29, 1.82) is 0 Å². The SMILES string of the molecule is COC(=O)C1(C)CCC(C(C)C)CC1. The van der Waals surface area contributed by atoms with Gasteiger partial charge in [0, 0.05) is 0 Å². The molecule has 0 amide bonds. The van der Waals surface area contributed by atoms with Gasteiger partial charge >= 0.3 is 5.97 Å². The summed E-state index contributed by atoms with van der Waals surface area (Å²) in [5, 5.41) is 0. The van der Waals surface area contributed by atoms with Crippen molar-refractivity contribution in [2.45, 2.75) is 46.5 Å². The largest absolute Gasteiger partial charge is 0.469 e. The van der Waals surface area contributed by atoms with Crippen LogP contribution in [0.1, 0.15) is 46.5 Å². The fourth-order valence-corrected chi connectivity index (χ4v) is 2.39. The second kappa shape index (κ2) is 4.33. The maximum absolute atomic E-state index is 11.5. The summed E-state index contributed by atoms with van der Waals surface area (Å²) >= 11 is 0. The van der Waals surface area contributed by atoms with Gasteiger partial charge in [-0.15, -0.1) is 0 Å². The van der Waals surface area contributed by atoms with Gasteiger partial charge in [0.2, 0.25) is 0 Å². The molecule has 0 N–H and O–H groups in total. The molecule has 0 radical (unpaired) electrons. The first kappa shape index (κ1) is 11.5. The normalized spacial score (nSPS) is 33.1. The van der Waals surface area contributed by atoms with E-state index in [4.69, 9.17) is 4.74 Å². The van der Waals surface area contributed by atoms with E-state index in [1.165, 1.54) is 20.0 Å². The summed E-state index contributed by atoms with van der Waals surface area (Å²) in [6, 6.07) is 0. The van der Waals surface area contributed by atoms with Gasteiger partial charge in [-0.3, -0.25) is 4.79 Å². The van der Waals surface area contributed by atoms with E-state index in [9.17, 15) is 4.79 Å². The standard InChI is InChI=1S/C12H22O2/c1-9(2)10-5-7-12(3,8-6-10)11(13)14-4/h9-10H,5-8H2,1-4H3. The minimum Gasteiger partial charge on any atom is -0.469 e. The molecule has 1 aliphatic rings. The van der Waals surface area contributed by atoms with Crippen LogP contribution < -0.4 is 0 Å². The van der Waals surface area contributed by atoms with E-state index >= 15 is 0 Å². The first-order valence-electron chi connectivity index (χ1n) is 5.58. The van der Waals surface area contributed by atoms with Gasteiger partial charge in [0.15, 0.2) is 0 Å². The molecule has 1 fully saturated rings. The van der Waals surface area contributed by atoms with Gasteiger partial charge in [-0.2, -0.15) is 0 Å². The van der Waals surface area contributed by atoms with Gasteiger partial charge in [0.1, 0.15) is 0 Å². The number of methoxy groups -OCH3 is 1. The summed E-state index contributed by atoms with van der Waals surface area (Å²) in [4.78, 5) is 11.5. The van der Waals surface area contributed by atoms with E-state index in [-0.39, 0.29) is 11.4 Å². The Balaban J connectivity index is 2.53. The van der Waals surface area contributed by atoms with Gasteiger partial charge in [-0.1, -0.05) is 13.8 Å². The molecule has 0 saturated heterocycles. The Labute approximate surface area is 87.0 Å². The highest BCUT2D eigenvalue weighted by molar-refractivity contribution is 5.76. The molecule has 0 unspecified atom stereocenters. The minimum absolute atomic E-state index is 0.0280. The summed E-state index contributed by atoms with van der Waals surface area (Å²) in [5.41, 5.74) is -0.208. The Morgan fingerprint density at radius 3 is 2.21 bits per heavy atom. The lowest BCUT2D eigenvalue weighted by molar-refractivity contribution is -0.154. The molecule has 0 bridgehead atoms. The predicted molar refractivity (Wildman–Crippen MR) is 56.9 cm³/mol.